The van der Waals surface area contributed by atoms with Crippen LogP contribution in [0.3, 0.4) is 0 Å². The van der Waals surface area contributed by atoms with E-state index in [0.717, 1.165) is 12.0 Å². The third-order valence-electron chi connectivity index (χ3n) is 3.52. The van der Waals surface area contributed by atoms with Gasteiger partial charge in [-0.2, -0.15) is 13.2 Å². The van der Waals surface area contributed by atoms with Crippen molar-refractivity contribution in [2.75, 3.05) is 26.2 Å². The molecular formula is C14H17BrF4N2. The van der Waals surface area contributed by atoms with Gasteiger partial charge in [0.25, 0.3) is 0 Å². The van der Waals surface area contributed by atoms with Crippen LogP contribution in [0.15, 0.2) is 22.7 Å². The first-order valence-electron chi connectivity index (χ1n) is 6.77. The second kappa shape index (κ2) is 7.07. The Morgan fingerprint density at radius 2 is 2.10 bits per heavy atom. The van der Waals surface area contributed by atoms with Crippen molar-refractivity contribution >= 4 is 15.9 Å². The molecule has 0 saturated carbocycles. The maximum atomic E-state index is 13.1. The Kier molecular flexibility index (Phi) is 5.62. The van der Waals surface area contributed by atoms with Crippen LogP contribution in [0.2, 0.25) is 0 Å². The monoisotopic (exact) mass is 368 g/mol. The Hall–Kier alpha value is -0.660. The van der Waals surface area contributed by atoms with Crippen molar-refractivity contribution < 1.29 is 17.6 Å². The van der Waals surface area contributed by atoms with E-state index in [4.69, 9.17) is 0 Å². The van der Waals surface area contributed by atoms with E-state index in [1.54, 1.807) is 12.1 Å². The molecule has 0 aromatic heterocycles. The van der Waals surface area contributed by atoms with E-state index in [0.29, 0.717) is 30.7 Å². The molecule has 0 radical (unpaired) electrons. The molecule has 7 heteroatoms. The van der Waals surface area contributed by atoms with Gasteiger partial charge in [0.2, 0.25) is 0 Å². The first-order valence-corrected chi connectivity index (χ1v) is 7.56. The molecule has 0 aliphatic carbocycles. The minimum absolute atomic E-state index is 0.233. The standard InChI is InChI=1S/C14H17BrF4N2/c15-12-5-10(1-2-13(12)16)6-20-7-11-3-4-21(8-11)9-14(17,18)19/h1-2,5,11,20H,3-4,6-9H2. The Morgan fingerprint density at radius 1 is 1.33 bits per heavy atom. The van der Waals surface area contributed by atoms with Gasteiger partial charge in [0.15, 0.2) is 0 Å². The van der Waals surface area contributed by atoms with Crippen molar-refractivity contribution in [3.8, 4) is 0 Å². The van der Waals surface area contributed by atoms with Gasteiger partial charge in [0.05, 0.1) is 11.0 Å². The first-order chi connectivity index (χ1) is 9.83. The van der Waals surface area contributed by atoms with Gasteiger partial charge in [-0.3, -0.25) is 4.90 Å². The minimum atomic E-state index is -4.12. The Balaban J connectivity index is 1.71. The van der Waals surface area contributed by atoms with Crippen LogP contribution in [0.1, 0.15) is 12.0 Å². The Bertz CT molecular complexity index is 479. The third kappa shape index (κ3) is 5.56. The molecule has 21 heavy (non-hydrogen) atoms. The van der Waals surface area contributed by atoms with Crippen molar-refractivity contribution in [2.45, 2.75) is 19.1 Å². The summed E-state index contributed by atoms with van der Waals surface area (Å²) in [5, 5.41) is 3.22. The Morgan fingerprint density at radius 3 is 2.76 bits per heavy atom. The van der Waals surface area contributed by atoms with Crippen LogP contribution in [0, 0.1) is 11.7 Å². The van der Waals surface area contributed by atoms with Gasteiger partial charge in [-0.15, -0.1) is 0 Å². The molecule has 2 nitrogen and oxygen atoms in total. The number of rotatable bonds is 5. The van der Waals surface area contributed by atoms with Crippen molar-refractivity contribution in [1.29, 1.82) is 0 Å². The predicted octanol–water partition coefficient (Wildman–Crippen LogP) is 3.56. The zero-order chi connectivity index (χ0) is 15.5. The van der Waals surface area contributed by atoms with Gasteiger partial charge < -0.3 is 5.32 Å². The van der Waals surface area contributed by atoms with Crippen molar-refractivity contribution in [3.63, 3.8) is 0 Å². The van der Waals surface area contributed by atoms with Crippen LogP contribution in [-0.4, -0.2) is 37.3 Å². The minimum Gasteiger partial charge on any atom is -0.312 e. The molecule has 1 unspecified atom stereocenters. The van der Waals surface area contributed by atoms with Crippen LogP contribution in [-0.2, 0) is 6.54 Å². The highest BCUT2D eigenvalue weighted by atomic mass is 79.9. The zero-order valence-corrected chi connectivity index (χ0v) is 13.0. The van der Waals surface area contributed by atoms with Gasteiger partial charge in [0, 0.05) is 13.1 Å². The number of nitrogens with zero attached hydrogens (tertiary/aromatic N) is 1. The lowest BCUT2D eigenvalue weighted by Gasteiger charge is -2.18. The lowest BCUT2D eigenvalue weighted by molar-refractivity contribution is -0.143. The molecule has 2 rings (SSSR count). The number of likely N-dealkylation sites (tertiary alicyclic amines) is 1. The lowest BCUT2D eigenvalue weighted by atomic mass is 10.1. The quantitative estimate of drug-likeness (QED) is 0.799. The molecule has 1 atom stereocenters. The normalized spacial score (nSPS) is 20.1. The maximum Gasteiger partial charge on any atom is 0.401 e. The van der Waals surface area contributed by atoms with Crippen molar-refractivity contribution in [3.05, 3.63) is 34.1 Å². The number of alkyl halides is 3. The second-order valence-electron chi connectivity index (χ2n) is 5.38. The van der Waals surface area contributed by atoms with Crippen molar-refractivity contribution in [1.82, 2.24) is 10.2 Å². The molecular weight excluding hydrogens is 352 g/mol. The largest absolute Gasteiger partial charge is 0.401 e. The number of hydrogen-bond donors (Lipinski definition) is 1. The number of nitrogens with one attached hydrogen (secondary N) is 1. The number of hydrogen-bond acceptors (Lipinski definition) is 2. The summed E-state index contributed by atoms with van der Waals surface area (Å²) in [5.74, 6) is -0.0754. The fourth-order valence-corrected chi connectivity index (χ4v) is 2.97. The molecule has 1 fully saturated rings. The molecule has 1 aromatic rings. The van der Waals surface area contributed by atoms with E-state index in [1.807, 2.05) is 0 Å². The highest BCUT2D eigenvalue weighted by Crippen LogP contribution is 2.22. The van der Waals surface area contributed by atoms with Gasteiger partial charge in [-0.1, -0.05) is 6.07 Å². The number of halogens is 5. The molecule has 1 aromatic carbocycles. The first kappa shape index (κ1) is 16.7. The van der Waals surface area contributed by atoms with E-state index in [-0.39, 0.29) is 11.7 Å². The molecule has 1 saturated heterocycles. The summed E-state index contributed by atoms with van der Waals surface area (Å²) < 4.78 is 50.4. The SMILES string of the molecule is Fc1ccc(CNCC2CCN(CC(F)(F)F)C2)cc1Br. The lowest BCUT2D eigenvalue weighted by Crippen LogP contribution is -2.33. The zero-order valence-electron chi connectivity index (χ0n) is 11.4. The topological polar surface area (TPSA) is 15.3 Å². The van der Waals surface area contributed by atoms with Gasteiger partial charge >= 0.3 is 6.18 Å². The highest BCUT2D eigenvalue weighted by Gasteiger charge is 2.34. The average molecular weight is 369 g/mol. The Labute approximate surface area is 129 Å². The van der Waals surface area contributed by atoms with Gasteiger partial charge in [-0.05, 0) is 59.1 Å². The fraction of sp³-hybridized carbons (Fsp3) is 0.571. The van der Waals surface area contributed by atoms with E-state index < -0.39 is 12.7 Å². The summed E-state index contributed by atoms with van der Waals surface area (Å²) in [7, 11) is 0. The van der Waals surface area contributed by atoms with Crippen LogP contribution >= 0.6 is 15.9 Å². The van der Waals surface area contributed by atoms with E-state index in [1.165, 1.54) is 11.0 Å². The molecule has 1 heterocycles. The molecule has 118 valence electrons. The summed E-state index contributed by atoms with van der Waals surface area (Å²) >= 11 is 3.12. The molecule has 1 aliphatic rings. The smallest absolute Gasteiger partial charge is 0.312 e. The molecule has 1 N–H and O–H groups in total. The van der Waals surface area contributed by atoms with Crippen LogP contribution < -0.4 is 5.32 Å². The van der Waals surface area contributed by atoms with Crippen molar-refractivity contribution in [2.24, 2.45) is 5.92 Å². The molecule has 0 spiro atoms. The summed E-state index contributed by atoms with van der Waals surface area (Å²) in [6.07, 6.45) is -3.35. The summed E-state index contributed by atoms with van der Waals surface area (Å²) in [6, 6.07) is 4.78. The van der Waals surface area contributed by atoms with Gasteiger partial charge in [-0.25, -0.2) is 4.39 Å². The average Bonchev–Trinajstić information content (AvgIpc) is 2.79. The van der Waals surface area contributed by atoms with Gasteiger partial charge in [0.1, 0.15) is 5.82 Å². The second-order valence-corrected chi connectivity index (χ2v) is 6.24. The third-order valence-corrected chi connectivity index (χ3v) is 4.13. The van der Waals surface area contributed by atoms with Crippen LogP contribution in [0.4, 0.5) is 17.6 Å². The van der Waals surface area contributed by atoms with E-state index in [9.17, 15) is 17.6 Å². The summed E-state index contributed by atoms with van der Waals surface area (Å²) in [5.41, 5.74) is 0.938. The molecule has 0 bridgehead atoms. The number of benzene rings is 1. The maximum absolute atomic E-state index is 13.1. The molecule has 0 amide bonds. The predicted molar refractivity (Wildman–Crippen MR) is 76.4 cm³/mol. The molecule has 1 aliphatic heterocycles. The summed E-state index contributed by atoms with van der Waals surface area (Å²) in [6.45, 7) is 1.39. The summed E-state index contributed by atoms with van der Waals surface area (Å²) in [4.78, 5) is 1.45. The van der Waals surface area contributed by atoms with E-state index in [2.05, 4.69) is 21.2 Å². The highest BCUT2D eigenvalue weighted by molar-refractivity contribution is 9.10. The fourth-order valence-electron chi connectivity index (χ4n) is 2.55. The van der Waals surface area contributed by atoms with Crippen LogP contribution in [0.25, 0.3) is 0 Å². The van der Waals surface area contributed by atoms with Crippen LogP contribution in [0.5, 0.6) is 0 Å². The van der Waals surface area contributed by atoms with E-state index >= 15 is 0 Å².